The van der Waals surface area contributed by atoms with E-state index in [1.807, 2.05) is 6.07 Å². The Labute approximate surface area is 177 Å². The molecule has 1 aromatic heterocycles. The summed E-state index contributed by atoms with van der Waals surface area (Å²) >= 11 is 5.90. The number of ether oxygens (including phenoxy) is 1. The first-order chi connectivity index (χ1) is 14.1. The molecule has 29 heavy (non-hydrogen) atoms. The third kappa shape index (κ3) is 5.96. The summed E-state index contributed by atoms with van der Waals surface area (Å²) in [4.78, 5) is 15.1. The highest BCUT2D eigenvalue weighted by atomic mass is 35.5. The fourth-order valence-electron chi connectivity index (χ4n) is 3.16. The van der Waals surface area contributed by atoms with E-state index in [0.717, 1.165) is 26.1 Å². The van der Waals surface area contributed by atoms with E-state index in [2.05, 4.69) is 43.0 Å². The van der Waals surface area contributed by atoms with Crippen molar-refractivity contribution in [1.29, 1.82) is 0 Å². The molecule has 0 unspecified atom stereocenters. The van der Waals surface area contributed by atoms with Gasteiger partial charge < -0.3 is 9.30 Å². The van der Waals surface area contributed by atoms with Crippen LogP contribution in [0.3, 0.4) is 0 Å². The van der Waals surface area contributed by atoms with Crippen molar-refractivity contribution in [3.63, 3.8) is 0 Å². The minimum absolute atomic E-state index is 0.138. The van der Waals surface area contributed by atoms with Crippen LogP contribution in [0.25, 0.3) is 0 Å². The van der Waals surface area contributed by atoms with Crippen LogP contribution in [0.4, 0.5) is 0 Å². The van der Waals surface area contributed by atoms with Crippen LogP contribution in [0.1, 0.15) is 25.0 Å². The molecular formula is C24H27ClN2O2. The van der Waals surface area contributed by atoms with E-state index in [9.17, 15) is 4.79 Å². The lowest BCUT2D eigenvalue weighted by atomic mass is 10.1. The molecule has 3 aromatic rings. The Hall–Kier alpha value is -2.56. The predicted molar refractivity (Wildman–Crippen MR) is 119 cm³/mol. The summed E-state index contributed by atoms with van der Waals surface area (Å²) in [6, 6.07) is 19.2. The second kappa shape index (κ2) is 10.3. The van der Waals surface area contributed by atoms with Crippen LogP contribution in [0.5, 0.6) is 11.5 Å². The van der Waals surface area contributed by atoms with Crippen LogP contribution in [-0.2, 0) is 19.5 Å². The van der Waals surface area contributed by atoms with E-state index in [1.54, 1.807) is 41.1 Å². The third-order valence-electron chi connectivity index (χ3n) is 4.99. The van der Waals surface area contributed by atoms with Crippen molar-refractivity contribution >= 4 is 11.6 Å². The van der Waals surface area contributed by atoms with E-state index in [4.69, 9.17) is 16.3 Å². The monoisotopic (exact) mass is 410 g/mol. The van der Waals surface area contributed by atoms with Gasteiger partial charge in [-0.15, -0.1) is 0 Å². The van der Waals surface area contributed by atoms with Crippen LogP contribution in [0.15, 0.2) is 71.7 Å². The Morgan fingerprint density at radius 3 is 2.24 bits per heavy atom. The van der Waals surface area contributed by atoms with Crippen LogP contribution in [0, 0.1) is 0 Å². The lowest BCUT2D eigenvalue weighted by molar-refractivity contribution is 0.296. The largest absolute Gasteiger partial charge is 0.452 e. The molecule has 5 heteroatoms. The smallest absolute Gasteiger partial charge is 0.293 e. The number of rotatable bonds is 9. The molecule has 152 valence electrons. The van der Waals surface area contributed by atoms with Crippen molar-refractivity contribution in [1.82, 2.24) is 9.47 Å². The van der Waals surface area contributed by atoms with Gasteiger partial charge in [-0.05, 0) is 67.0 Å². The summed E-state index contributed by atoms with van der Waals surface area (Å²) in [6.45, 7) is 8.04. The second-order valence-corrected chi connectivity index (χ2v) is 7.39. The van der Waals surface area contributed by atoms with Gasteiger partial charge >= 0.3 is 0 Å². The molecule has 2 aromatic carbocycles. The van der Waals surface area contributed by atoms with E-state index in [0.29, 0.717) is 23.1 Å². The minimum Gasteiger partial charge on any atom is -0.452 e. The number of pyridine rings is 1. The summed E-state index contributed by atoms with van der Waals surface area (Å²) < 4.78 is 7.42. The summed E-state index contributed by atoms with van der Waals surface area (Å²) in [7, 11) is 0. The molecule has 0 fully saturated rings. The molecule has 0 aliphatic heterocycles. The maximum absolute atomic E-state index is 12.7. The number of aryl methyl sites for hydroxylation is 2. The molecule has 0 saturated carbocycles. The topological polar surface area (TPSA) is 34.5 Å². The highest BCUT2D eigenvalue weighted by Crippen LogP contribution is 2.20. The number of benzene rings is 2. The number of hydrogen-bond donors (Lipinski definition) is 0. The summed E-state index contributed by atoms with van der Waals surface area (Å²) in [5, 5.41) is 0.630. The van der Waals surface area contributed by atoms with Gasteiger partial charge in [0.05, 0.1) is 0 Å². The Bertz CT molecular complexity index is 961. The van der Waals surface area contributed by atoms with Crippen molar-refractivity contribution < 1.29 is 4.74 Å². The SMILES string of the molecule is CCN(CC)Cc1ccc(CCn2cccc(Oc3ccc(Cl)cc3)c2=O)cc1. The van der Waals surface area contributed by atoms with Gasteiger partial charge in [-0.1, -0.05) is 49.7 Å². The van der Waals surface area contributed by atoms with Crippen LogP contribution >= 0.6 is 11.6 Å². The molecule has 1 heterocycles. The predicted octanol–water partition coefficient (Wildman–Crippen LogP) is 5.38. The molecule has 3 rings (SSSR count). The first-order valence-corrected chi connectivity index (χ1v) is 10.4. The van der Waals surface area contributed by atoms with Gasteiger partial charge in [-0.2, -0.15) is 0 Å². The number of hydrogen-bond acceptors (Lipinski definition) is 3. The average molecular weight is 411 g/mol. The maximum Gasteiger partial charge on any atom is 0.293 e. The molecule has 0 bridgehead atoms. The molecule has 0 aliphatic carbocycles. The van der Waals surface area contributed by atoms with Crippen molar-refractivity contribution in [2.75, 3.05) is 13.1 Å². The first kappa shape index (κ1) is 21.2. The summed E-state index contributed by atoms with van der Waals surface area (Å²) in [5.74, 6) is 0.900. The lowest BCUT2D eigenvalue weighted by Gasteiger charge is -2.18. The fourth-order valence-corrected chi connectivity index (χ4v) is 3.29. The fraction of sp³-hybridized carbons (Fsp3) is 0.292. The first-order valence-electron chi connectivity index (χ1n) is 10.0. The van der Waals surface area contributed by atoms with Gasteiger partial charge in [-0.25, -0.2) is 0 Å². The molecule has 0 saturated heterocycles. The highest BCUT2D eigenvalue weighted by Gasteiger charge is 2.07. The lowest BCUT2D eigenvalue weighted by Crippen LogP contribution is -2.22. The molecule has 0 radical (unpaired) electrons. The molecular weight excluding hydrogens is 384 g/mol. The van der Waals surface area contributed by atoms with Gasteiger partial charge in [0.15, 0.2) is 5.75 Å². The van der Waals surface area contributed by atoms with Gasteiger partial charge in [-0.3, -0.25) is 9.69 Å². The second-order valence-electron chi connectivity index (χ2n) is 6.95. The normalized spacial score (nSPS) is 11.0. The zero-order valence-corrected chi connectivity index (χ0v) is 17.7. The van der Waals surface area contributed by atoms with E-state index in [1.165, 1.54) is 11.1 Å². The Kier molecular flexibility index (Phi) is 7.50. The number of nitrogens with zero attached hydrogens (tertiary/aromatic N) is 2. The molecule has 0 aliphatic rings. The molecule has 0 N–H and O–H groups in total. The number of halogens is 1. The van der Waals surface area contributed by atoms with Gasteiger partial charge in [0.1, 0.15) is 5.75 Å². The molecule has 0 atom stereocenters. The van der Waals surface area contributed by atoms with Gasteiger partial charge in [0, 0.05) is 24.3 Å². The van der Waals surface area contributed by atoms with E-state index in [-0.39, 0.29) is 5.56 Å². The number of aromatic nitrogens is 1. The Morgan fingerprint density at radius 2 is 1.59 bits per heavy atom. The van der Waals surface area contributed by atoms with Crippen molar-refractivity contribution in [3.8, 4) is 11.5 Å². The van der Waals surface area contributed by atoms with E-state index >= 15 is 0 Å². The van der Waals surface area contributed by atoms with Crippen molar-refractivity contribution in [2.45, 2.75) is 33.4 Å². The standard InChI is InChI=1S/C24H27ClN2O2/c1-3-26(4-2)18-20-9-7-19(8-10-20)15-17-27-16-5-6-23(24(27)28)29-22-13-11-21(25)12-14-22/h5-14,16H,3-4,15,17-18H2,1-2H3. The molecule has 0 spiro atoms. The van der Waals surface area contributed by atoms with Gasteiger partial charge in [0.25, 0.3) is 5.56 Å². The zero-order chi connectivity index (χ0) is 20.6. The Morgan fingerprint density at radius 1 is 0.931 bits per heavy atom. The summed E-state index contributed by atoms with van der Waals surface area (Å²) in [5.41, 5.74) is 2.39. The van der Waals surface area contributed by atoms with Crippen molar-refractivity contribution in [2.24, 2.45) is 0 Å². The highest BCUT2D eigenvalue weighted by molar-refractivity contribution is 6.30. The third-order valence-corrected chi connectivity index (χ3v) is 5.24. The average Bonchev–Trinajstić information content (AvgIpc) is 2.75. The van der Waals surface area contributed by atoms with Gasteiger partial charge in [0.2, 0.25) is 0 Å². The quantitative estimate of drug-likeness (QED) is 0.475. The molecule has 0 amide bonds. The zero-order valence-electron chi connectivity index (χ0n) is 17.0. The van der Waals surface area contributed by atoms with E-state index < -0.39 is 0 Å². The van der Waals surface area contributed by atoms with Crippen LogP contribution < -0.4 is 10.3 Å². The summed E-state index contributed by atoms with van der Waals surface area (Å²) in [6.07, 6.45) is 2.58. The molecule has 4 nitrogen and oxygen atoms in total. The minimum atomic E-state index is -0.138. The van der Waals surface area contributed by atoms with Crippen molar-refractivity contribution in [3.05, 3.63) is 93.4 Å². The van der Waals surface area contributed by atoms with Crippen LogP contribution in [-0.4, -0.2) is 22.6 Å². The van der Waals surface area contributed by atoms with Crippen LogP contribution in [0.2, 0.25) is 5.02 Å². The maximum atomic E-state index is 12.7. The Balaban J connectivity index is 1.63.